The lowest BCUT2D eigenvalue weighted by Gasteiger charge is -2.17. The number of nitrogens with two attached hydrogens (primary N) is 1. The minimum atomic E-state index is -0.577. The highest BCUT2D eigenvalue weighted by Crippen LogP contribution is 2.45. The molecule has 8 nitrogen and oxygen atoms in total. The molecule has 0 unspecified atom stereocenters. The molecule has 4 aromatic heterocycles. The number of rotatable bonds is 5. The number of aryl methyl sites for hydroxylation is 2. The quantitative estimate of drug-likeness (QED) is 0.316. The molecule has 0 bridgehead atoms. The number of terminal acetylenes is 1. The molecule has 0 spiro atoms. The molecule has 5 aromatic rings. The molecular weight excluding hydrogens is 469 g/mol. The number of anilines is 1. The van der Waals surface area contributed by atoms with Gasteiger partial charge in [-0.05, 0) is 63.1 Å². The molecule has 2 N–H and O–H groups in total. The van der Waals surface area contributed by atoms with Gasteiger partial charge in [-0.3, -0.25) is 0 Å². The summed E-state index contributed by atoms with van der Waals surface area (Å²) in [5.41, 5.74) is 12.1. The summed E-state index contributed by atoms with van der Waals surface area (Å²) in [6.45, 7) is 7.85. The molecule has 0 aliphatic carbocycles. The molecule has 0 radical (unpaired) electrons. The Kier molecular flexibility index (Phi) is 6.01. The van der Waals surface area contributed by atoms with Crippen molar-refractivity contribution in [1.82, 2.24) is 29.5 Å². The second-order valence-electron chi connectivity index (χ2n) is 8.90. The van der Waals surface area contributed by atoms with Crippen LogP contribution in [0.3, 0.4) is 0 Å². The first kappa shape index (κ1) is 23.9. The lowest BCUT2D eigenvalue weighted by Crippen LogP contribution is -2.05. The average Bonchev–Trinajstić information content (AvgIpc) is 3.21. The molecule has 9 heteroatoms. The van der Waals surface area contributed by atoms with E-state index in [1.54, 1.807) is 37.5 Å². The molecule has 184 valence electrons. The fourth-order valence-corrected chi connectivity index (χ4v) is 4.40. The first-order valence-corrected chi connectivity index (χ1v) is 11.6. The van der Waals surface area contributed by atoms with E-state index in [-0.39, 0.29) is 17.8 Å². The van der Waals surface area contributed by atoms with E-state index < -0.39 is 5.82 Å². The average molecular weight is 494 g/mol. The number of hydrogen-bond acceptors (Lipinski definition) is 7. The Morgan fingerprint density at radius 1 is 1.08 bits per heavy atom. The molecule has 0 fully saturated rings. The van der Waals surface area contributed by atoms with Gasteiger partial charge in [0.25, 0.3) is 0 Å². The first-order chi connectivity index (χ1) is 17.8. The summed E-state index contributed by atoms with van der Waals surface area (Å²) in [6.07, 6.45) is 10.3. The molecule has 0 aliphatic heterocycles. The molecule has 37 heavy (non-hydrogen) atoms. The fourth-order valence-electron chi connectivity index (χ4n) is 4.40. The van der Waals surface area contributed by atoms with E-state index in [0.717, 1.165) is 16.8 Å². The third kappa shape index (κ3) is 4.23. The van der Waals surface area contributed by atoms with Gasteiger partial charge in [0, 0.05) is 35.3 Å². The molecule has 0 saturated heterocycles. The van der Waals surface area contributed by atoms with Crippen LogP contribution in [0.25, 0.3) is 33.4 Å². The second-order valence-corrected chi connectivity index (χ2v) is 8.90. The Morgan fingerprint density at radius 3 is 2.57 bits per heavy atom. The maximum absolute atomic E-state index is 15.4. The van der Waals surface area contributed by atoms with Gasteiger partial charge < -0.3 is 15.0 Å². The summed E-state index contributed by atoms with van der Waals surface area (Å²) >= 11 is 0. The van der Waals surface area contributed by atoms with Crippen molar-refractivity contribution < 1.29 is 9.13 Å². The molecule has 0 atom stereocenters. The van der Waals surface area contributed by atoms with E-state index >= 15 is 4.39 Å². The zero-order valence-electron chi connectivity index (χ0n) is 20.8. The minimum absolute atomic E-state index is 0.00168. The van der Waals surface area contributed by atoms with E-state index in [1.165, 1.54) is 12.4 Å². The maximum Gasteiger partial charge on any atom is 0.322 e. The van der Waals surface area contributed by atoms with E-state index in [0.29, 0.717) is 39.4 Å². The molecule has 0 saturated carbocycles. The van der Waals surface area contributed by atoms with E-state index in [2.05, 4.69) is 35.4 Å². The number of ether oxygens (including phenoxy) is 1. The SMILES string of the molecule is C#Cc1cc(C)c(-c2c(-c3ccc(Oc4nccc(C)n4)c(F)c3)c3c(N)ncnc3n2C(C)C)cn1. The number of nitrogens with zero attached hydrogens (tertiary/aromatic N) is 6. The smallest absolute Gasteiger partial charge is 0.322 e. The van der Waals surface area contributed by atoms with Gasteiger partial charge in [0.15, 0.2) is 11.6 Å². The molecule has 4 heterocycles. The van der Waals surface area contributed by atoms with Crippen LogP contribution in [0.2, 0.25) is 0 Å². The van der Waals surface area contributed by atoms with Gasteiger partial charge in [0.2, 0.25) is 0 Å². The number of pyridine rings is 1. The van der Waals surface area contributed by atoms with Crippen LogP contribution in [0.5, 0.6) is 11.8 Å². The third-order valence-corrected chi connectivity index (χ3v) is 6.04. The minimum Gasteiger partial charge on any atom is -0.421 e. The van der Waals surface area contributed by atoms with Gasteiger partial charge in [-0.15, -0.1) is 6.42 Å². The number of halogens is 1. The van der Waals surface area contributed by atoms with E-state index in [4.69, 9.17) is 16.9 Å². The third-order valence-electron chi connectivity index (χ3n) is 6.04. The molecule has 1 aromatic carbocycles. The van der Waals surface area contributed by atoms with Crippen LogP contribution in [0.4, 0.5) is 10.2 Å². The van der Waals surface area contributed by atoms with Crippen molar-refractivity contribution in [3.63, 3.8) is 0 Å². The van der Waals surface area contributed by atoms with Gasteiger partial charge in [0.1, 0.15) is 23.5 Å². The zero-order chi connectivity index (χ0) is 26.3. The normalized spacial score (nSPS) is 11.2. The van der Waals surface area contributed by atoms with Crippen molar-refractivity contribution in [3.05, 3.63) is 71.8 Å². The van der Waals surface area contributed by atoms with Crippen LogP contribution in [-0.2, 0) is 0 Å². The van der Waals surface area contributed by atoms with Gasteiger partial charge in [-0.2, -0.15) is 0 Å². The molecule has 0 amide bonds. The Morgan fingerprint density at radius 2 is 1.89 bits per heavy atom. The van der Waals surface area contributed by atoms with Crippen molar-refractivity contribution in [2.24, 2.45) is 0 Å². The summed E-state index contributed by atoms with van der Waals surface area (Å²) in [4.78, 5) is 21.4. The Bertz CT molecular complexity index is 1700. The van der Waals surface area contributed by atoms with Crippen LogP contribution in [0, 0.1) is 32.0 Å². The summed E-state index contributed by atoms with van der Waals surface area (Å²) in [7, 11) is 0. The highest BCUT2D eigenvalue weighted by atomic mass is 19.1. The Balaban J connectivity index is 1.76. The van der Waals surface area contributed by atoms with Crippen molar-refractivity contribution in [2.75, 3.05) is 5.73 Å². The highest BCUT2D eigenvalue weighted by Gasteiger charge is 2.26. The lowest BCUT2D eigenvalue weighted by molar-refractivity contribution is 0.410. The number of hydrogen-bond donors (Lipinski definition) is 1. The number of nitrogen functional groups attached to an aromatic ring is 1. The van der Waals surface area contributed by atoms with Crippen molar-refractivity contribution in [1.29, 1.82) is 0 Å². The predicted molar refractivity (Wildman–Crippen MR) is 140 cm³/mol. The number of fused-ring (bicyclic) bond motifs is 1. The van der Waals surface area contributed by atoms with E-state index in [1.807, 2.05) is 26.8 Å². The van der Waals surface area contributed by atoms with Crippen LogP contribution >= 0.6 is 0 Å². The van der Waals surface area contributed by atoms with Gasteiger partial charge in [-0.25, -0.2) is 29.3 Å². The van der Waals surface area contributed by atoms with E-state index in [9.17, 15) is 0 Å². The lowest BCUT2D eigenvalue weighted by atomic mass is 9.97. The summed E-state index contributed by atoms with van der Waals surface area (Å²) < 4.78 is 23.1. The predicted octanol–water partition coefficient (Wildman–Crippen LogP) is 5.64. The largest absolute Gasteiger partial charge is 0.421 e. The van der Waals surface area contributed by atoms with Crippen molar-refractivity contribution in [2.45, 2.75) is 33.7 Å². The monoisotopic (exact) mass is 493 g/mol. The van der Waals surface area contributed by atoms with Gasteiger partial charge in [0.05, 0.1) is 11.1 Å². The molecule has 0 aliphatic rings. The molecule has 5 rings (SSSR count). The maximum atomic E-state index is 15.4. The number of aromatic nitrogens is 6. The van der Waals surface area contributed by atoms with Crippen LogP contribution in [0.15, 0.2) is 49.1 Å². The Labute approximate surface area is 213 Å². The standard InChI is InChI=1S/C28H24FN7O/c1-6-19-11-16(4)20(13-32-19)25-23(24-26(30)33-14-34-27(24)36(25)15(2)3)18-7-8-22(21(29)12-18)37-28-31-10-9-17(5)35-28/h1,7-15H,2-5H3,(H2,30,33,34). The van der Waals surface area contributed by atoms with Crippen LogP contribution in [0.1, 0.15) is 36.8 Å². The first-order valence-electron chi connectivity index (χ1n) is 11.6. The summed E-state index contributed by atoms with van der Waals surface area (Å²) in [5, 5.41) is 0.627. The van der Waals surface area contributed by atoms with Crippen LogP contribution in [-0.4, -0.2) is 29.5 Å². The van der Waals surface area contributed by atoms with Gasteiger partial charge >= 0.3 is 6.01 Å². The van der Waals surface area contributed by atoms with Crippen molar-refractivity contribution in [3.8, 4) is 46.5 Å². The summed E-state index contributed by atoms with van der Waals surface area (Å²) in [5.74, 6) is 2.29. The Hall–Kier alpha value is -4.84. The zero-order valence-corrected chi connectivity index (χ0v) is 20.8. The number of benzene rings is 1. The van der Waals surface area contributed by atoms with Crippen molar-refractivity contribution >= 4 is 16.9 Å². The van der Waals surface area contributed by atoms with Gasteiger partial charge in [-0.1, -0.05) is 12.0 Å². The fraction of sp³-hybridized carbons (Fsp3) is 0.179. The summed E-state index contributed by atoms with van der Waals surface area (Å²) in [6, 6.07) is 8.36. The van der Waals surface area contributed by atoms with Crippen LogP contribution < -0.4 is 10.5 Å². The highest BCUT2D eigenvalue weighted by molar-refractivity contribution is 6.08. The topological polar surface area (TPSA) is 105 Å². The molecular formula is C28H24FN7O. The second kappa shape index (κ2) is 9.32.